The number of nitrogens with one attached hydrogen (secondary N) is 1. The van der Waals surface area contributed by atoms with E-state index in [1.807, 2.05) is 55.5 Å². The summed E-state index contributed by atoms with van der Waals surface area (Å²) in [6.07, 6.45) is 0. The smallest absolute Gasteiger partial charge is 0.246 e. The summed E-state index contributed by atoms with van der Waals surface area (Å²) in [7, 11) is 1.52. The molecule has 2 aromatic rings. The summed E-state index contributed by atoms with van der Waals surface area (Å²) in [6.45, 7) is 2.11. The Balaban J connectivity index is 2.31. The zero-order valence-corrected chi connectivity index (χ0v) is 11.8. The fourth-order valence-electron chi connectivity index (χ4n) is 2.19. The summed E-state index contributed by atoms with van der Waals surface area (Å²) in [6, 6.07) is 17.9. The van der Waals surface area contributed by atoms with Crippen molar-refractivity contribution in [3.63, 3.8) is 0 Å². The Morgan fingerprint density at radius 2 is 1.80 bits per heavy atom. The van der Waals surface area contributed by atoms with Gasteiger partial charge in [0.25, 0.3) is 0 Å². The first-order valence-electron chi connectivity index (χ1n) is 6.60. The number of carbonyl (C=O) groups excluding carboxylic acids is 1. The quantitative estimate of drug-likeness (QED) is 0.906. The molecule has 0 radical (unpaired) electrons. The number of hydrogen-bond acceptors (Lipinski definition) is 2. The summed E-state index contributed by atoms with van der Waals surface area (Å²) in [5, 5.41) is 3.01. The monoisotopic (exact) mass is 269 g/mol. The number of carbonyl (C=O) groups is 1. The van der Waals surface area contributed by atoms with Crippen LogP contribution < -0.4 is 5.32 Å². The van der Waals surface area contributed by atoms with Crippen molar-refractivity contribution in [2.24, 2.45) is 0 Å². The Labute approximate surface area is 119 Å². The van der Waals surface area contributed by atoms with Crippen molar-refractivity contribution < 1.29 is 9.53 Å². The molecule has 0 saturated carbocycles. The van der Waals surface area contributed by atoms with Crippen molar-refractivity contribution in [2.75, 3.05) is 13.7 Å². The lowest BCUT2D eigenvalue weighted by Crippen LogP contribution is -2.32. The van der Waals surface area contributed by atoms with Gasteiger partial charge in [0.2, 0.25) is 5.91 Å². The summed E-state index contributed by atoms with van der Waals surface area (Å²) in [5.41, 5.74) is 3.30. The predicted molar refractivity (Wildman–Crippen MR) is 79.5 cm³/mol. The van der Waals surface area contributed by atoms with Crippen LogP contribution in [0.1, 0.15) is 22.7 Å². The van der Waals surface area contributed by atoms with E-state index in [0.29, 0.717) is 0 Å². The molecule has 0 heterocycles. The highest BCUT2D eigenvalue weighted by Gasteiger charge is 2.16. The first-order valence-corrected chi connectivity index (χ1v) is 6.60. The average Bonchev–Trinajstić information content (AvgIpc) is 2.46. The Morgan fingerprint density at radius 3 is 2.45 bits per heavy atom. The third-order valence-corrected chi connectivity index (χ3v) is 3.09. The number of ether oxygens (including phenoxy) is 1. The minimum atomic E-state index is -0.154. The van der Waals surface area contributed by atoms with E-state index in [0.717, 1.165) is 11.1 Å². The molecule has 1 N–H and O–H groups in total. The lowest BCUT2D eigenvalue weighted by Gasteiger charge is -2.20. The van der Waals surface area contributed by atoms with Crippen molar-refractivity contribution in [3.05, 3.63) is 71.3 Å². The van der Waals surface area contributed by atoms with E-state index < -0.39 is 0 Å². The largest absolute Gasteiger partial charge is 0.375 e. The molecular formula is C17H19NO2. The number of amides is 1. The normalized spacial score (nSPS) is 11.9. The van der Waals surface area contributed by atoms with Crippen LogP contribution in [0.5, 0.6) is 0 Å². The maximum absolute atomic E-state index is 11.8. The second kappa shape index (κ2) is 6.87. The fraction of sp³-hybridized carbons (Fsp3) is 0.235. The van der Waals surface area contributed by atoms with Gasteiger partial charge in [-0.1, -0.05) is 60.2 Å². The zero-order valence-electron chi connectivity index (χ0n) is 11.8. The molecule has 3 nitrogen and oxygen atoms in total. The molecule has 0 aliphatic carbocycles. The molecule has 1 amide bonds. The van der Waals surface area contributed by atoms with Crippen molar-refractivity contribution in [2.45, 2.75) is 13.0 Å². The first-order chi connectivity index (χ1) is 9.70. The Morgan fingerprint density at radius 1 is 1.10 bits per heavy atom. The van der Waals surface area contributed by atoms with Gasteiger partial charge in [-0.3, -0.25) is 4.79 Å². The molecule has 3 heteroatoms. The number of aryl methyl sites for hydroxylation is 1. The number of benzene rings is 2. The van der Waals surface area contributed by atoms with Crippen LogP contribution in [-0.4, -0.2) is 19.6 Å². The SMILES string of the molecule is COCC(=O)N[C@H](c1ccccc1)c1cccc(C)c1. The van der Waals surface area contributed by atoms with Crippen LogP contribution in [0.15, 0.2) is 54.6 Å². The molecule has 20 heavy (non-hydrogen) atoms. The molecule has 0 saturated heterocycles. The van der Waals surface area contributed by atoms with Gasteiger partial charge in [-0.15, -0.1) is 0 Å². The second-order valence-electron chi connectivity index (χ2n) is 4.76. The summed E-state index contributed by atoms with van der Waals surface area (Å²) in [5.74, 6) is -0.122. The van der Waals surface area contributed by atoms with Crippen LogP contribution in [0.25, 0.3) is 0 Å². The number of methoxy groups -OCH3 is 1. The minimum Gasteiger partial charge on any atom is -0.375 e. The molecule has 2 aromatic carbocycles. The highest BCUT2D eigenvalue weighted by Crippen LogP contribution is 2.22. The summed E-state index contributed by atoms with van der Waals surface area (Å²) < 4.78 is 4.89. The van der Waals surface area contributed by atoms with Crippen LogP contribution in [0.4, 0.5) is 0 Å². The molecule has 0 spiro atoms. The van der Waals surface area contributed by atoms with Crippen LogP contribution >= 0.6 is 0 Å². The lowest BCUT2D eigenvalue weighted by atomic mass is 9.97. The maximum Gasteiger partial charge on any atom is 0.246 e. The van der Waals surface area contributed by atoms with Crippen molar-refractivity contribution in [3.8, 4) is 0 Å². The standard InChI is InChI=1S/C17H19NO2/c1-13-7-6-10-15(11-13)17(18-16(19)12-20-2)14-8-4-3-5-9-14/h3-11,17H,12H2,1-2H3,(H,18,19)/t17-/m1/s1. The van der Waals surface area contributed by atoms with Gasteiger partial charge in [0.05, 0.1) is 6.04 Å². The van der Waals surface area contributed by atoms with Gasteiger partial charge >= 0.3 is 0 Å². The summed E-state index contributed by atoms with van der Waals surface area (Å²) in [4.78, 5) is 11.8. The van der Waals surface area contributed by atoms with E-state index in [9.17, 15) is 4.79 Å². The van der Waals surface area contributed by atoms with E-state index in [2.05, 4.69) is 11.4 Å². The minimum absolute atomic E-state index is 0.0646. The molecule has 0 aromatic heterocycles. The van der Waals surface area contributed by atoms with E-state index in [-0.39, 0.29) is 18.6 Å². The van der Waals surface area contributed by atoms with Crippen molar-refractivity contribution >= 4 is 5.91 Å². The average molecular weight is 269 g/mol. The third kappa shape index (κ3) is 3.68. The van der Waals surface area contributed by atoms with Crippen LogP contribution in [0.3, 0.4) is 0 Å². The van der Waals surface area contributed by atoms with Gasteiger partial charge in [0.15, 0.2) is 0 Å². The highest BCUT2D eigenvalue weighted by atomic mass is 16.5. The topological polar surface area (TPSA) is 38.3 Å². The Kier molecular flexibility index (Phi) is 4.91. The molecule has 0 bridgehead atoms. The zero-order chi connectivity index (χ0) is 14.4. The van der Waals surface area contributed by atoms with E-state index >= 15 is 0 Å². The maximum atomic E-state index is 11.8. The lowest BCUT2D eigenvalue weighted by molar-refractivity contribution is -0.125. The van der Waals surface area contributed by atoms with Gasteiger partial charge < -0.3 is 10.1 Å². The molecule has 2 rings (SSSR count). The third-order valence-electron chi connectivity index (χ3n) is 3.09. The number of rotatable bonds is 5. The van der Waals surface area contributed by atoms with Gasteiger partial charge in [0.1, 0.15) is 6.61 Å². The molecule has 0 aliphatic heterocycles. The Bertz CT molecular complexity index is 566. The van der Waals surface area contributed by atoms with Gasteiger partial charge in [-0.25, -0.2) is 0 Å². The van der Waals surface area contributed by atoms with Crippen molar-refractivity contribution in [1.29, 1.82) is 0 Å². The summed E-state index contributed by atoms with van der Waals surface area (Å²) >= 11 is 0. The van der Waals surface area contributed by atoms with Crippen LogP contribution in [0, 0.1) is 6.92 Å². The Hall–Kier alpha value is -2.13. The fourth-order valence-corrected chi connectivity index (χ4v) is 2.19. The predicted octanol–water partition coefficient (Wildman–Crippen LogP) is 2.85. The second-order valence-corrected chi connectivity index (χ2v) is 4.76. The van der Waals surface area contributed by atoms with Crippen molar-refractivity contribution in [1.82, 2.24) is 5.32 Å². The molecule has 0 fully saturated rings. The van der Waals surface area contributed by atoms with E-state index in [1.165, 1.54) is 12.7 Å². The van der Waals surface area contributed by atoms with E-state index in [1.54, 1.807) is 0 Å². The van der Waals surface area contributed by atoms with Crippen LogP contribution in [-0.2, 0) is 9.53 Å². The van der Waals surface area contributed by atoms with Gasteiger partial charge in [-0.05, 0) is 18.1 Å². The highest BCUT2D eigenvalue weighted by molar-refractivity contribution is 5.78. The van der Waals surface area contributed by atoms with Gasteiger partial charge in [-0.2, -0.15) is 0 Å². The number of hydrogen-bond donors (Lipinski definition) is 1. The first kappa shape index (κ1) is 14.3. The molecule has 0 unspecified atom stereocenters. The molecular weight excluding hydrogens is 250 g/mol. The van der Waals surface area contributed by atoms with Crippen LogP contribution in [0.2, 0.25) is 0 Å². The van der Waals surface area contributed by atoms with Gasteiger partial charge in [0, 0.05) is 7.11 Å². The molecule has 0 aliphatic rings. The molecule has 1 atom stereocenters. The van der Waals surface area contributed by atoms with E-state index in [4.69, 9.17) is 4.74 Å². The molecule has 104 valence electrons.